The summed E-state index contributed by atoms with van der Waals surface area (Å²) in [6.07, 6.45) is 6.29. The van der Waals surface area contributed by atoms with E-state index in [1.54, 1.807) is 0 Å². The van der Waals surface area contributed by atoms with Gasteiger partial charge in [0.2, 0.25) is 0 Å². The first kappa shape index (κ1) is 19.0. The van der Waals surface area contributed by atoms with E-state index in [9.17, 15) is 9.59 Å². The van der Waals surface area contributed by atoms with Crippen LogP contribution in [0.2, 0.25) is 0 Å². The molecule has 2 unspecified atom stereocenters. The summed E-state index contributed by atoms with van der Waals surface area (Å²) in [5.41, 5.74) is 2.38. The summed E-state index contributed by atoms with van der Waals surface area (Å²) in [7, 11) is 0. The van der Waals surface area contributed by atoms with Gasteiger partial charge in [0.15, 0.2) is 12.4 Å². The average Bonchev–Trinajstić information content (AvgIpc) is 2.70. The third-order valence-corrected chi connectivity index (χ3v) is 8.00. The second-order valence-corrected chi connectivity index (χ2v) is 11.0. The molecule has 0 radical (unpaired) electrons. The molecule has 2 aromatic carbocycles. The number of ketones is 1. The van der Waals surface area contributed by atoms with Crippen molar-refractivity contribution in [1.82, 2.24) is 0 Å². The van der Waals surface area contributed by atoms with Crippen molar-refractivity contribution in [2.24, 2.45) is 17.3 Å². The van der Waals surface area contributed by atoms with Crippen LogP contribution in [0.1, 0.15) is 48.9 Å². The fraction of sp³-hybridized carbons (Fsp3) is 0.440. The van der Waals surface area contributed by atoms with Crippen molar-refractivity contribution < 1.29 is 14.3 Å². The Labute approximate surface area is 180 Å². The number of halogens is 1. The van der Waals surface area contributed by atoms with Gasteiger partial charge >= 0.3 is 5.97 Å². The lowest BCUT2D eigenvalue weighted by molar-refractivity contribution is -0.168. The highest BCUT2D eigenvalue weighted by Crippen LogP contribution is 2.64. The van der Waals surface area contributed by atoms with Crippen molar-refractivity contribution in [2.75, 3.05) is 6.61 Å². The zero-order valence-corrected chi connectivity index (χ0v) is 18.0. The van der Waals surface area contributed by atoms with Crippen LogP contribution in [0.5, 0.6) is 0 Å². The number of carbonyl (C=O) groups excluding carboxylic acids is 2. The highest BCUT2D eigenvalue weighted by Gasteiger charge is 2.60. The highest BCUT2D eigenvalue weighted by molar-refractivity contribution is 9.10. The first-order chi connectivity index (χ1) is 13.9. The molecule has 6 rings (SSSR count). The summed E-state index contributed by atoms with van der Waals surface area (Å²) in [5, 5.41) is 0. The van der Waals surface area contributed by atoms with Crippen molar-refractivity contribution in [1.29, 1.82) is 0 Å². The van der Waals surface area contributed by atoms with E-state index in [2.05, 4.69) is 15.9 Å². The van der Waals surface area contributed by atoms with Gasteiger partial charge in [0, 0.05) is 9.89 Å². The topological polar surface area (TPSA) is 43.4 Å². The average molecular weight is 453 g/mol. The smallest absolute Gasteiger partial charge is 0.312 e. The predicted octanol–water partition coefficient (Wildman–Crippen LogP) is 5.81. The maximum atomic E-state index is 13.0. The Bertz CT molecular complexity index is 920. The molecule has 4 saturated carbocycles. The summed E-state index contributed by atoms with van der Waals surface area (Å²) >= 11 is 3.93. The Morgan fingerprint density at radius 3 is 2.14 bits per heavy atom. The van der Waals surface area contributed by atoms with Crippen LogP contribution < -0.4 is 0 Å². The van der Waals surface area contributed by atoms with Gasteiger partial charge in [0.25, 0.3) is 0 Å². The molecule has 0 amide bonds. The minimum absolute atomic E-state index is 0.105. The molecule has 0 spiro atoms. The van der Waals surface area contributed by atoms with E-state index in [1.807, 2.05) is 54.6 Å². The quantitative estimate of drug-likeness (QED) is 0.326. The van der Waals surface area contributed by atoms with Gasteiger partial charge in [-0.1, -0.05) is 70.5 Å². The molecule has 0 heterocycles. The van der Waals surface area contributed by atoms with Crippen LogP contribution in [0.4, 0.5) is 0 Å². The fourth-order valence-electron chi connectivity index (χ4n) is 6.24. The third kappa shape index (κ3) is 3.56. The number of ether oxygens (including phenoxy) is 1. The van der Waals surface area contributed by atoms with Gasteiger partial charge in [-0.2, -0.15) is 0 Å². The van der Waals surface area contributed by atoms with E-state index in [0.717, 1.165) is 30.4 Å². The number of carbonyl (C=O) groups is 2. The zero-order valence-electron chi connectivity index (χ0n) is 16.4. The minimum atomic E-state index is -0.384. The summed E-state index contributed by atoms with van der Waals surface area (Å²) in [6, 6.07) is 17.6. The molecule has 4 heteroatoms. The Morgan fingerprint density at radius 2 is 1.52 bits per heavy atom. The van der Waals surface area contributed by atoms with Gasteiger partial charge in [-0.15, -0.1) is 0 Å². The second-order valence-electron chi connectivity index (χ2n) is 9.33. The summed E-state index contributed by atoms with van der Waals surface area (Å²) in [5.74, 6) is 0.926. The molecule has 0 aliphatic heterocycles. The van der Waals surface area contributed by atoms with Gasteiger partial charge in [-0.25, -0.2) is 0 Å². The number of esters is 1. The van der Waals surface area contributed by atoms with Crippen molar-refractivity contribution in [3.63, 3.8) is 0 Å². The van der Waals surface area contributed by atoms with Crippen LogP contribution in [-0.4, -0.2) is 22.7 Å². The van der Waals surface area contributed by atoms with Crippen molar-refractivity contribution in [2.45, 2.75) is 42.8 Å². The molecular formula is C25H25BrO3. The van der Waals surface area contributed by atoms with Crippen molar-refractivity contribution in [3.05, 3.63) is 60.2 Å². The maximum Gasteiger partial charge on any atom is 0.312 e. The second kappa shape index (κ2) is 7.09. The van der Waals surface area contributed by atoms with Crippen LogP contribution in [0, 0.1) is 17.3 Å². The molecule has 0 saturated heterocycles. The Kier molecular flexibility index (Phi) is 4.65. The van der Waals surface area contributed by atoms with E-state index in [1.165, 1.54) is 19.3 Å². The summed E-state index contributed by atoms with van der Waals surface area (Å²) in [6.45, 7) is -0.171. The molecule has 4 bridgehead atoms. The Morgan fingerprint density at radius 1 is 0.897 bits per heavy atom. The molecule has 0 aromatic heterocycles. The Balaban J connectivity index is 1.24. The Hall–Kier alpha value is -1.94. The van der Waals surface area contributed by atoms with Crippen LogP contribution >= 0.6 is 15.9 Å². The molecule has 2 atom stereocenters. The van der Waals surface area contributed by atoms with Gasteiger partial charge in [0.05, 0.1) is 5.41 Å². The minimum Gasteiger partial charge on any atom is -0.457 e. The lowest BCUT2D eigenvalue weighted by atomic mass is 9.49. The normalized spacial score (nSPS) is 32.2. The SMILES string of the molecule is O=C(COC(=O)C12CC3CC(CC(Br)(C3)C1)C2)c1ccc(-c2ccccc2)cc1. The number of rotatable bonds is 5. The van der Waals surface area contributed by atoms with E-state index in [4.69, 9.17) is 4.74 Å². The van der Waals surface area contributed by atoms with Crippen LogP contribution in [0.25, 0.3) is 11.1 Å². The first-order valence-corrected chi connectivity index (χ1v) is 11.3. The van der Waals surface area contributed by atoms with E-state index in [0.29, 0.717) is 17.4 Å². The van der Waals surface area contributed by atoms with Crippen LogP contribution in [0.3, 0.4) is 0 Å². The first-order valence-electron chi connectivity index (χ1n) is 10.5. The molecule has 4 aliphatic rings. The van der Waals surface area contributed by atoms with Crippen LogP contribution in [0.15, 0.2) is 54.6 Å². The van der Waals surface area contributed by atoms with Gasteiger partial charge in [-0.05, 0) is 61.5 Å². The number of benzene rings is 2. The van der Waals surface area contributed by atoms with Gasteiger partial charge < -0.3 is 4.74 Å². The predicted molar refractivity (Wildman–Crippen MR) is 116 cm³/mol. The molecular weight excluding hydrogens is 428 g/mol. The summed E-state index contributed by atoms with van der Waals surface area (Å²) < 4.78 is 5.70. The van der Waals surface area contributed by atoms with E-state index in [-0.39, 0.29) is 28.1 Å². The molecule has 3 nitrogen and oxygen atoms in total. The number of hydrogen-bond donors (Lipinski definition) is 0. The molecule has 29 heavy (non-hydrogen) atoms. The highest BCUT2D eigenvalue weighted by atomic mass is 79.9. The van der Waals surface area contributed by atoms with Crippen molar-refractivity contribution >= 4 is 27.7 Å². The maximum absolute atomic E-state index is 13.0. The van der Waals surface area contributed by atoms with Crippen molar-refractivity contribution in [3.8, 4) is 11.1 Å². The van der Waals surface area contributed by atoms with Crippen LogP contribution in [-0.2, 0) is 9.53 Å². The standard InChI is InChI=1S/C25H25BrO3/c26-25-13-17-10-18(14-25)12-24(11-17,16-25)23(28)29-15-22(27)21-8-6-20(7-9-21)19-4-2-1-3-5-19/h1-9,17-18H,10-16H2. The largest absolute Gasteiger partial charge is 0.457 e. The monoisotopic (exact) mass is 452 g/mol. The molecule has 4 fully saturated rings. The fourth-order valence-corrected chi connectivity index (χ4v) is 7.69. The van der Waals surface area contributed by atoms with E-state index < -0.39 is 0 Å². The molecule has 2 aromatic rings. The van der Waals surface area contributed by atoms with E-state index >= 15 is 0 Å². The summed E-state index contributed by atoms with van der Waals surface area (Å²) in [4.78, 5) is 25.6. The third-order valence-electron chi connectivity index (χ3n) is 7.07. The van der Waals surface area contributed by atoms with Gasteiger partial charge in [0.1, 0.15) is 0 Å². The zero-order chi connectivity index (χ0) is 20.1. The van der Waals surface area contributed by atoms with Gasteiger partial charge in [-0.3, -0.25) is 9.59 Å². The molecule has 0 N–H and O–H groups in total. The molecule has 150 valence electrons. The lowest BCUT2D eigenvalue weighted by Crippen LogP contribution is -2.56. The number of alkyl halides is 1. The number of hydrogen-bond acceptors (Lipinski definition) is 3. The lowest BCUT2D eigenvalue weighted by Gasteiger charge is -2.58. The molecule has 4 aliphatic carbocycles. The number of Topliss-reactive ketones (excluding diaryl/α,β-unsaturated/α-hetero) is 1.